The van der Waals surface area contributed by atoms with Gasteiger partial charge < -0.3 is 5.41 Å². The van der Waals surface area contributed by atoms with Crippen LogP contribution in [0.2, 0.25) is 0 Å². The van der Waals surface area contributed by atoms with Crippen molar-refractivity contribution in [2.24, 2.45) is 5.92 Å². The summed E-state index contributed by atoms with van der Waals surface area (Å²) in [5, 5.41) is 8.63. The lowest BCUT2D eigenvalue weighted by atomic mass is 9.91. The highest BCUT2D eigenvalue weighted by Crippen LogP contribution is 2.23. The highest BCUT2D eigenvalue weighted by molar-refractivity contribution is 5.98. The minimum atomic E-state index is 0.829. The maximum Gasteiger partial charge on any atom is 0.0386 e. The van der Waals surface area contributed by atoms with E-state index in [0.717, 1.165) is 62.5 Å². The second-order valence-corrected chi connectivity index (χ2v) is 9.06. The minimum absolute atomic E-state index is 0.829. The van der Waals surface area contributed by atoms with Gasteiger partial charge in [-0.2, -0.15) is 0 Å². The monoisotopic (exact) mass is 404 g/mol. The molecule has 2 nitrogen and oxygen atoms in total. The van der Waals surface area contributed by atoms with Crippen LogP contribution in [0.1, 0.15) is 81.0 Å². The second-order valence-electron chi connectivity index (χ2n) is 9.06. The summed E-state index contributed by atoms with van der Waals surface area (Å²) < 4.78 is 0. The van der Waals surface area contributed by atoms with Crippen LogP contribution in [-0.2, 0) is 19.4 Å². The van der Waals surface area contributed by atoms with Crippen LogP contribution in [0.15, 0.2) is 48.5 Å². The van der Waals surface area contributed by atoms with E-state index in [2.05, 4.69) is 67.3 Å². The summed E-state index contributed by atoms with van der Waals surface area (Å²) >= 11 is 0. The van der Waals surface area contributed by atoms with Gasteiger partial charge >= 0.3 is 0 Å². The van der Waals surface area contributed by atoms with Gasteiger partial charge in [0.25, 0.3) is 0 Å². The van der Waals surface area contributed by atoms with Crippen LogP contribution in [0.5, 0.6) is 0 Å². The first-order valence-corrected chi connectivity index (χ1v) is 12.2. The van der Waals surface area contributed by atoms with Crippen molar-refractivity contribution < 1.29 is 0 Å². The first kappa shape index (κ1) is 22.7. The Morgan fingerprint density at radius 3 is 2.30 bits per heavy atom. The molecule has 0 fully saturated rings. The molecule has 0 saturated heterocycles. The van der Waals surface area contributed by atoms with Crippen molar-refractivity contribution in [3.63, 3.8) is 0 Å². The number of fused-ring (bicyclic) bond motifs is 1. The lowest BCUT2D eigenvalue weighted by molar-refractivity contribution is 0.279. The third-order valence-corrected chi connectivity index (χ3v) is 6.63. The number of hydrogen-bond donors (Lipinski definition) is 1. The fourth-order valence-corrected chi connectivity index (χ4v) is 4.92. The molecule has 0 atom stereocenters. The molecule has 0 radical (unpaired) electrons. The number of nitrogens with zero attached hydrogens (tertiary/aromatic N) is 1. The largest absolute Gasteiger partial charge is 0.305 e. The standard InChI is InChI=1S/C28H40N2/c1-3-9-23(10-4-2)13-8-14-28(29)27-16-15-25-17-19-30(20-18-26(25)21-27)22-24-11-6-5-7-12-24/h5-7,11-12,15-16,21,23,29H,3-4,8-10,13-14,17-20,22H2,1-2H3. The SMILES string of the molecule is CCCC(CCC)CCCC(=N)c1ccc2c(c1)CCN(Cc1ccccc1)CC2. The van der Waals surface area contributed by atoms with E-state index in [1.807, 2.05) is 0 Å². The molecule has 2 aromatic carbocycles. The Hall–Kier alpha value is -1.93. The van der Waals surface area contributed by atoms with Crippen LogP contribution < -0.4 is 0 Å². The van der Waals surface area contributed by atoms with Crippen LogP contribution in [0.4, 0.5) is 0 Å². The molecule has 1 aliphatic heterocycles. The van der Waals surface area contributed by atoms with Crippen molar-refractivity contribution in [2.75, 3.05) is 13.1 Å². The van der Waals surface area contributed by atoms with E-state index >= 15 is 0 Å². The lowest BCUT2D eigenvalue weighted by Crippen LogP contribution is -2.25. The van der Waals surface area contributed by atoms with Gasteiger partial charge in [0.2, 0.25) is 0 Å². The van der Waals surface area contributed by atoms with Crippen molar-refractivity contribution >= 4 is 5.71 Å². The molecular formula is C28H40N2. The van der Waals surface area contributed by atoms with Crippen LogP contribution in [0.25, 0.3) is 0 Å². The molecule has 0 bridgehead atoms. The van der Waals surface area contributed by atoms with Gasteiger partial charge in [-0.15, -0.1) is 0 Å². The Balaban J connectivity index is 1.53. The first-order chi connectivity index (χ1) is 14.7. The highest BCUT2D eigenvalue weighted by atomic mass is 15.1. The van der Waals surface area contributed by atoms with Crippen LogP contribution in [0, 0.1) is 11.3 Å². The molecule has 0 spiro atoms. The van der Waals surface area contributed by atoms with Gasteiger partial charge in [0.05, 0.1) is 0 Å². The quantitative estimate of drug-likeness (QED) is 0.399. The summed E-state index contributed by atoms with van der Waals surface area (Å²) in [6.45, 7) is 7.85. The number of benzene rings is 2. The van der Waals surface area contributed by atoms with Crippen molar-refractivity contribution in [3.8, 4) is 0 Å². The Labute approximate surface area is 184 Å². The molecule has 3 rings (SSSR count). The Kier molecular flexibility index (Phi) is 9.14. The Morgan fingerprint density at radius 2 is 1.60 bits per heavy atom. The molecule has 0 aromatic heterocycles. The lowest BCUT2D eigenvalue weighted by Gasteiger charge is -2.19. The van der Waals surface area contributed by atoms with Gasteiger partial charge in [0.15, 0.2) is 0 Å². The van der Waals surface area contributed by atoms with E-state index in [9.17, 15) is 0 Å². The normalized spacial score (nSPS) is 14.5. The van der Waals surface area contributed by atoms with E-state index in [1.54, 1.807) is 0 Å². The second kappa shape index (κ2) is 12.1. The average Bonchev–Trinajstić information content (AvgIpc) is 2.96. The molecule has 1 heterocycles. The zero-order valence-corrected chi connectivity index (χ0v) is 19.1. The Bertz CT molecular complexity index is 774. The van der Waals surface area contributed by atoms with Crippen LogP contribution >= 0.6 is 0 Å². The number of rotatable bonds is 11. The molecule has 0 saturated carbocycles. The molecule has 0 unspecified atom stereocenters. The summed E-state index contributed by atoms with van der Waals surface area (Å²) in [6.07, 6.45) is 10.8. The van der Waals surface area contributed by atoms with E-state index in [1.165, 1.54) is 48.8 Å². The van der Waals surface area contributed by atoms with E-state index in [4.69, 9.17) is 5.41 Å². The van der Waals surface area contributed by atoms with E-state index in [0.29, 0.717) is 0 Å². The summed E-state index contributed by atoms with van der Waals surface area (Å²) in [6, 6.07) is 17.6. The fourth-order valence-electron chi connectivity index (χ4n) is 4.92. The average molecular weight is 405 g/mol. The summed E-state index contributed by atoms with van der Waals surface area (Å²) in [5.41, 5.74) is 6.31. The van der Waals surface area contributed by atoms with Gasteiger partial charge in [-0.25, -0.2) is 0 Å². The molecule has 2 heteroatoms. The molecule has 30 heavy (non-hydrogen) atoms. The van der Waals surface area contributed by atoms with Crippen LogP contribution in [0.3, 0.4) is 0 Å². The smallest absolute Gasteiger partial charge is 0.0386 e. The summed E-state index contributed by atoms with van der Waals surface area (Å²) in [4.78, 5) is 2.57. The molecule has 2 aromatic rings. The van der Waals surface area contributed by atoms with Crippen molar-refractivity contribution in [2.45, 2.75) is 78.2 Å². The third-order valence-electron chi connectivity index (χ3n) is 6.63. The maximum atomic E-state index is 8.63. The van der Waals surface area contributed by atoms with E-state index in [-0.39, 0.29) is 0 Å². The fraction of sp³-hybridized carbons (Fsp3) is 0.536. The maximum absolute atomic E-state index is 8.63. The van der Waals surface area contributed by atoms with E-state index < -0.39 is 0 Å². The Morgan fingerprint density at radius 1 is 0.900 bits per heavy atom. The predicted molar refractivity (Wildman–Crippen MR) is 130 cm³/mol. The molecule has 0 aliphatic carbocycles. The third kappa shape index (κ3) is 6.80. The molecule has 1 aliphatic rings. The predicted octanol–water partition coefficient (Wildman–Crippen LogP) is 7.04. The summed E-state index contributed by atoms with van der Waals surface area (Å²) in [5.74, 6) is 0.857. The van der Waals surface area contributed by atoms with Gasteiger partial charge in [-0.3, -0.25) is 4.90 Å². The topological polar surface area (TPSA) is 27.1 Å². The van der Waals surface area contributed by atoms with Crippen molar-refractivity contribution in [1.82, 2.24) is 4.90 Å². The van der Waals surface area contributed by atoms with Crippen LogP contribution in [-0.4, -0.2) is 23.7 Å². The zero-order chi connectivity index (χ0) is 21.2. The van der Waals surface area contributed by atoms with Gasteiger partial charge in [0, 0.05) is 25.3 Å². The molecule has 1 N–H and O–H groups in total. The highest BCUT2D eigenvalue weighted by Gasteiger charge is 2.16. The first-order valence-electron chi connectivity index (χ1n) is 12.2. The minimum Gasteiger partial charge on any atom is -0.305 e. The zero-order valence-electron chi connectivity index (χ0n) is 19.1. The molecule has 0 amide bonds. The molecule has 162 valence electrons. The van der Waals surface area contributed by atoms with Crippen molar-refractivity contribution in [3.05, 3.63) is 70.8 Å². The molecular weight excluding hydrogens is 364 g/mol. The van der Waals surface area contributed by atoms with Gasteiger partial charge in [0.1, 0.15) is 0 Å². The van der Waals surface area contributed by atoms with Gasteiger partial charge in [-0.1, -0.05) is 88.4 Å². The number of hydrogen-bond acceptors (Lipinski definition) is 2. The summed E-state index contributed by atoms with van der Waals surface area (Å²) in [7, 11) is 0. The van der Waals surface area contributed by atoms with Gasteiger partial charge in [-0.05, 0) is 59.9 Å². The van der Waals surface area contributed by atoms with Crippen molar-refractivity contribution in [1.29, 1.82) is 5.41 Å². The number of nitrogens with one attached hydrogen (secondary N) is 1.